The topological polar surface area (TPSA) is 37.3 Å². The molecule has 10 heavy (non-hydrogen) atoms. The van der Waals surface area contributed by atoms with Crippen molar-refractivity contribution in [3.63, 3.8) is 0 Å². The van der Waals surface area contributed by atoms with Gasteiger partial charge in [-0.25, -0.2) is 4.21 Å². The van der Waals surface area contributed by atoms with E-state index in [-0.39, 0.29) is 0 Å². The number of rotatable bonds is 2. The fraction of sp³-hybridized carbons (Fsp3) is 1.00. The van der Waals surface area contributed by atoms with Gasteiger partial charge in [-0.15, -0.1) is 0 Å². The normalized spacial score (nSPS) is 24.5. The summed E-state index contributed by atoms with van der Waals surface area (Å²) < 4.78 is 19.0. The van der Waals surface area contributed by atoms with E-state index >= 15 is 0 Å². The molecule has 0 aromatic rings. The van der Waals surface area contributed by atoms with Crippen molar-refractivity contribution in [3.8, 4) is 0 Å². The van der Waals surface area contributed by atoms with Crippen LogP contribution >= 0.6 is 0 Å². The summed E-state index contributed by atoms with van der Waals surface area (Å²) in [5, 5.41) is 0. The van der Waals surface area contributed by atoms with E-state index in [4.69, 9.17) is 4.55 Å². The Kier molecular flexibility index (Phi) is 3.35. The monoisotopic (exact) mass is 162 g/mol. The fourth-order valence-electron chi connectivity index (χ4n) is 1.56. The quantitative estimate of drug-likeness (QED) is 0.628. The highest BCUT2D eigenvalue weighted by atomic mass is 32.2. The Morgan fingerprint density at radius 1 is 1.30 bits per heavy atom. The Bertz CT molecular complexity index is 119. The Morgan fingerprint density at radius 2 is 1.90 bits per heavy atom. The Hall–Kier alpha value is 0.110. The lowest BCUT2D eigenvalue weighted by Crippen LogP contribution is -2.13. The first-order valence-corrected chi connectivity index (χ1v) is 5.14. The average molecular weight is 162 g/mol. The van der Waals surface area contributed by atoms with Crippen LogP contribution in [-0.2, 0) is 11.1 Å². The van der Waals surface area contributed by atoms with E-state index in [2.05, 4.69) is 0 Å². The summed E-state index contributed by atoms with van der Waals surface area (Å²) in [6.45, 7) is 0. The molecule has 0 saturated heterocycles. The van der Waals surface area contributed by atoms with Crippen LogP contribution in [0.4, 0.5) is 0 Å². The summed E-state index contributed by atoms with van der Waals surface area (Å²) in [4.78, 5) is 0. The molecule has 0 amide bonds. The second-order valence-corrected chi connectivity index (χ2v) is 3.97. The maximum atomic E-state index is 10.4. The minimum atomic E-state index is -1.56. The molecule has 0 aromatic heterocycles. The second-order valence-electron chi connectivity index (χ2n) is 2.99. The van der Waals surface area contributed by atoms with Crippen LogP contribution in [0.3, 0.4) is 0 Å². The van der Waals surface area contributed by atoms with Crippen molar-refractivity contribution in [1.82, 2.24) is 0 Å². The summed E-state index contributed by atoms with van der Waals surface area (Å²) in [7, 11) is 0. The van der Waals surface area contributed by atoms with Crippen LogP contribution in [0.1, 0.15) is 32.1 Å². The maximum absolute atomic E-state index is 10.4. The molecule has 1 fully saturated rings. The molecule has 0 aromatic carbocycles. The van der Waals surface area contributed by atoms with Gasteiger partial charge in [0.1, 0.15) is 0 Å². The minimum Gasteiger partial charge on any atom is -0.306 e. The largest absolute Gasteiger partial charge is 0.306 e. The zero-order valence-electron chi connectivity index (χ0n) is 6.08. The van der Waals surface area contributed by atoms with Crippen LogP contribution in [0.2, 0.25) is 0 Å². The minimum absolute atomic E-state index is 0.500. The molecule has 1 unspecified atom stereocenters. The third-order valence-electron chi connectivity index (χ3n) is 2.10. The zero-order chi connectivity index (χ0) is 7.40. The van der Waals surface area contributed by atoms with E-state index < -0.39 is 11.1 Å². The molecule has 0 heterocycles. The van der Waals surface area contributed by atoms with Crippen molar-refractivity contribution in [3.05, 3.63) is 0 Å². The predicted molar refractivity (Wildman–Crippen MR) is 42.2 cm³/mol. The fourth-order valence-corrected chi connectivity index (χ4v) is 2.29. The van der Waals surface area contributed by atoms with Crippen molar-refractivity contribution >= 4 is 11.1 Å². The van der Waals surface area contributed by atoms with Gasteiger partial charge >= 0.3 is 0 Å². The van der Waals surface area contributed by atoms with Crippen molar-refractivity contribution in [2.45, 2.75) is 32.1 Å². The molecule has 1 aliphatic rings. The highest BCUT2D eigenvalue weighted by Crippen LogP contribution is 2.23. The number of hydrogen-bond donors (Lipinski definition) is 1. The molecule has 0 aliphatic heterocycles. The van der Waals surface area contributed by atoms with Crippen LogP contribution in [0.15, 0.2) is 0 Å². The molecule has 1 aliphatic carbocycles. The van der Waals surface area contributed by atoms with Gasteiger partial charge in [-0.3, -0.25) is 0 Å². The highest BCUT2D eigenvalue weighted by molar-refractivity contribution is 7.79. The molecule has 60 valence electrons. The molecule has 0 radical (unpaired) electrons. The predicted octanol–water partition coefficient (Wildman–Crippen LogP) is 1.79. The van der Waals surface area contributed by atoms with E-state index in [1.165, 1.54) is 19.3 Å². The first kappa shape index (κ1) is 8.21. The third kappa shape index (κ3) is 2.80. The van der Waals surface area contributed by atoms with Crippen LogP contribution in [0.25, 0.3) is 0 Å². The number of hydrogen-bond acceptors (Lipinski definition) is 1. The molecule has 0 bridgehead atoms. The maximum Gasteiger partial charge on any atom is 0.153 e. The first-order valence-electron chi connectivity index (χ1n) is 3.86. The Morgan fingerprint density at radius 3 is 2.40 bits per heavy atom. The zero-order valence-corrected chi connectivity index (χ0v) is 6.90. The molecule has 1 saturated carbocycles. The SMILES string of the molecule is O=S(O)CC1CCCCC1. The van der Waals surface area contributed by atoms with Crippen LogP contribution < -0.4 is 0 Å². The first-order chi connectivity index (χ1) is 4.79. The lowest BCUT2D eigenvalue weighted by molar-refractivity contribution is 0.383. The van der Waals surface area contributed by atoms with E-state index in [0.717, 1.165) is 12.8 Å². The van der Waals surface area contributed by atoms with Crippen LogP contribution in [-0.4, -0.2) is 14.5 Å². The van der Waals surface area contributed by atoms with Gasteiger partial charge in [0.25, 0.3) is 0 Å². The van der Waals surface area contributed by atoms with E-state index in [0.29, 0.717) is 11.7 Å². The lowest BCUT2D eigenvalue weighted by atomic mass is 9.91. The van der Waals surface area contributed by atoms with Gasteiger partial charge in [-0.05, 0) is 18.8 Å². The van der Waals surface area contributed by atoms with Gasteiger partial charge in [-0.1, -0.05) is 19.3 Å². The smallest absolute Gasteiger partial charge is 0.153 e. The summed E-state index contributed by atoms with van der Waals surface area (Å²) in [5.74, 6) is 1.03. The third-order valence-corrected chi connectivity index (χ3v) is 2.86. The standard InChI is InChI=1S/C7H14O2S/c8-10(9)6-7-4-2-1-3-5-7/h7H,1-6H2,(H,8,9). The van der Waals surface area contributed by atoms with Gasteiger partial charge in [0, 0.05) is 0 Å². The summed E-state index contributed by atoms with van der Waals surface area (Å²) >= 11 is -1.56. The molecular weight excluding hydrogens is 148 g/mol. The van der Waals surface area contributed by atoms with Crippen molar-refractivity contribution in [2.75, 3.05) is 5.75 Å². The van der Waals surface area contributed by atoms with Crippen molar-refractivity contribution < 1.29 is 8.76 Å². The van der Waals surface area contributed by atoms with E-state index in [1.807, 2.05) is 0 Å². The molecule has 1 rings (SSSR count). The van der Waals surface area contributed by atoms with Gasteiger partial charge < -0.3 is 4.55 Å². The van der Waals surface area contributed by atoms with Gasteiger partial charge in [-0.2, -0.15) is 0 Å². The van der Waals surface area contributed by atoms with Crippen LogP contribution in [0.5, 0.6) is 0 Å². The highest BCUT2D eigenvalue weighted by Gasteiger charge is 2.14. The summed E-state index contributed by atoms with van der Waals surface area (Å²) in [6, 6.07) is 0. The summed E-state index contributed by atoms with van der Waals surface area (Å²) in [5.41, 5.74) is 0. The van der Waals surface area contributed by atoms with Crippen molar-refractivity contribution in [2.24, 2.45) is 5.92 Å². The Labute approximate surface area is 64.3 Å². The molecule has 3 heteroatoms. The summed E-state index contributed by atoms with van der Waals surface area (Å²) in [6.07, 6.45) is 6.14. The molecule has 0 spiro atoms. The van der Waals surface area contributed by atoms with Gasteiger partial charge in [0.05, 0.1) is 5.75 Å². The van der Waals surface area contributed by atoms with Gasteiger partial charge in [0.2, 0.25) is 0 Å². The Balaban J connectivity index is 2.19. The van der Waals surface area contributed by atoms with E-state index in [1.54, 1.807) is 0 Å². The lowest BCUT2D eigenvalue weighted by Gasteiger charge is -2.19. The van der Waals surface area contributed by atoms with Crippen molar-refractivity contribution in [1.29, 1.82) is 0 Å². The molecule has 2 nitrogen and oxygen atoms in total. The van der Waals surface area contributed by atoms with Gasteiger partial charge in [0.15, 0.2) is 11.1 Å². The van der Waals surface area contributed by atoms with Crippen LogP contribution in [0, 0.1) is 5.92 Å². The average Bonchev–Trinajstić information content (AvgIpc) is 1.88. The molecule has 1 N–H and O–H groups in total. The molecular formula is C7H14O2S. The van der Waals surface area contributed by atoms with E-state index in [9.17, 15) is 4.21 Å². The second kappa shape index (κ2) is 4.09. The molecule has 1 atom stereocenters.